The molecule has 0 aliphatic heterocycles. The number of pyridine rings is 1. The van der Waals surface area contributed by atoms with Crippen molar-refractivity contribution in [2.45, 2.75) is 12.5 Å². The highest BCUT2D eigenvalue weighted by Crippen LogP contribution is 2.22. The van der Waals surface area contributed by atoms with Crippen LogP contribution in [0.15, 0.2) is 47.1 Å². The zero-order chi connectivity index (χ0) is 16.2. The van der Waals surface area contributed by atoms with E-state index in [0.29, 0.717) is 22.8 Å². The van der Waals surface area contributed by atoms with Crippen LogP contribution in [0.5, 0.6) is 5.88 Å². The van der Waals surface area contributed by atoms with E-state index in [1.807, 2.05) is 0 Å². The zero-order valence-electron chi connectivity index (χ0n) is 12.3. The van der Waals surface area contributed by atoms with Crippen LogP contribution in [0.2, 0.25) is 0 Å². The normalized spacial score (nSPS) is 12.1. The molecular formula is C16H14FN3O3. The summed E-state index contributed by atoms with van der Waals surface area (Å²) in [5, 5.41) is 14.0. The lowest BCUT2D eigenvalue weighted by molar-refractivity contribution is 0.164. The average Bonchev–Trinajstić information content (AvgIpc) is 3.03. The van der Waals surface area contributed by atoms with Crippen molar-refractivity contribution in [3.8, 4) is 17.3 Å². The minimum absolute atomic E-state index is 0.0959. The first-order valence-corrected chi connectivity index (χ1v) is 6.92. The number of hydrogen-bond acceptors (Lipinski definition) is 6. The third-order valence-corrected chi connectivity index (χ3v) is 3.27. The topological polar surface area (TPSA) is 81.3 Å². The van der Waals surface area contributed by atoms with Crippen molar-refractivity contribution in [1.29, 1.82) is 0 Å². The Labute approximate surface area is 131 Å². The first-order chi connectivity index (χ1) is 11.2. The number of hydrogen-bond donors (Lipinski definition) is 1. The molecule has 1 N–H and O–H groups in total. The SMILES string of the molecule is COc1cc(-c2noc(C[C@@H](O)c3cccc(F)c3)n2)ccn1. The molecule has 0 spiro atoms. The van der Waals surface area contributed by atoms with Crippen LogP contribution in [-0.2, 0) is 6.42 Å². The highest BCUT2D eigenvalue weighted by molar-refractivity contribution is 5.55. The second-order valence-corrected chi connectivity index (χ2v) is 4.87. The molecule has 3 rings (SSSR count). The molecule has 23 heavy (non-hydrogen) atoms. The molecule has 0 aliphatic rings. The van der Waals surface area contributed by atoms with E-state index in [1.54, 1.807) is 24.4 Å². The number of methoxy groups -OCH3 is 1. The fourth-order valence-corrected chi connectivity index (χ4v) is 2.11. The van der Waals surface area contributed by atoms with Gasteiger partial charge in [-0.1, -0.05) is 17.3 Å². The third kappa shape index (κ3) is 3.51. The van der Waals surface area contributed by atoms with Crippen molar-refractivity contribution < 1.29 is 18.8 Å². The maximum absolute atomic E-state index is 13.2. The number of rotatable bonds is 5. The van der Waals surface area contributed by atoms with Crippen LogP contribution in [-0.4, -0.2) is 27.3 Å². The van der Waals surface area contributed by atoms with Gasteiger partial charge in [-0.05, 0) is 23.8 Å². The Morgan fingerprint density at radius 1 is 1.30 bits per heavy atom. The summed E-state index contributed by atoms with van der Waals surface area (Å²) in [6.45, 7) is 0. The molecule has 0 saturated carbocycles. The highest BCUT2D eigenvalue weighted by Gasteiger charge is 2.15. The molecule has 1 atom stereocenters. The van der Waals surface area contributed by atoms with Crippen molar-refractivity contribution in [1.82, 2.24) is 15.1 Å². The Morgan fingerprint density at radius 3 is 2.96 bits per heavy atom. The van der Waals surface area contributed by atoms with Gasteiger partial charge in [0.2, 0.25) is 17.6 Å². The number of ether oxygens (including phenoxy) is 1. The maximum atomic E-state index is 13.2. The number of benzene rings is 1. The predicted octanol–water partition coefficient (Wildman–Crippen LogP) is 2.56. The molecule has 0 fully saturated rings. The van der Waals surface area contributed by atoms with Crippen molar-refractivity contribution in [3.05, 3.63) is 59.9 Å². The van der Waals surface area contributed by atoms with Gasteiger partial charge in [-0.15, -0.1) is 0 Å². The molecule has 3 aromatic rings. The summed E-state index contributed by atoms with van der Waals surface area (Å²) in [5.41, 5.74) is 1.14. The Bertz CT molecular complexity index is 807. The minimum Gasteiger partial charge on any atom is -0.481 e. The molecule has 6 nitrogen and oxygen atoms in total. The Balaban J connectivity index is 1.76. The summed E-state index contributed by atoms with van der Waals surface area (Å²) in [7, 11) is 1.52. The molecule has 0 unspecified atom stereocenters. The summed E-state index contributed by atoms with van der Waals surface area (Å²) in [6.07, 6.45) is 0.746. The van der Waals surface area contributed by atoms with Gasteiger partial charge in [-0.25, -0.2) is 9.37 Å². The summed E-state index contributed by atoms with van der Waals surface area (Å²) in [5.74, 6) is 0.657. The van der Waals surface area contributed by atoms with Gasteiger partial charge >= 0.3 is 0 Å². The third-order valence-electron chi connectivity index (χ3n) is 3.27. The van der Waals surface area contributed by atoms with Gasteiger partial charge < -0.3 is 14.4 Å². The molecule has 0 radical (unpaired) electrons. The smallest absolute Gasteiger partial charge is 0.229 e. The fourth-order valence-electron chi connectivity index (χ4n) is 2.11. The number of aliphatic hydroxyl groups excluding tert-OH is 1. The predicted molar refractivity (Wildman–Crippen MR) is 79.1 cm³/mol. The molecule has 2 aromatic heterocycles. The molecule has 0 bridgehead atoms. The lowest BCUT2D eigenvalue weighted by Crippen LogP contribution is -2.02. The van der Waals surface area contributed by atoms with E-state index in [4.69, 9.17) is 9.26 Å². The van der Waals surface area contributed by atoms with Crippen LogP contribution in [0.25, 0.3) is 11.4 Å². The standard InChI is InChI=1S/C16H14FN3O3/c1-22-14-8-11(5-6-18-14)16-19-15(23-20-16)9-13(21)10-3-2-4-12(17)7-10/h2-8,13,21H,9H2,1H3/t13-/m1/s1. The minimum atomic E-state index is -0.925. The molecule has 118 valence electrons. The van der Waals surface area contributed by atoms with Gasteiger partial charge in [0.25, 0.3) is 0 Å². The summed E-state index contributed by atoms with van der Waals surface area (Å²) in [4.78, 5) is 8.23. The Morgan fingerprint density at radius 2 is 2.17 bits per heavy atom. The van der Waals surface area contributed by atoms with E-state index in [9.17, 15) is 9.50 Å². The van der Waals surface area contributed by atoms with Crippen LogP contribution in [0, 0.1) is 5.82 Å². The molecule has 7 heteroatoms. The summed E-state index contributed by atoms with van der Waals surface area (Å²) >= 11 is 0. The summed E-state index contributed by atoms with van der Waals surface area (Å²) < 4.78 is 23.4. The van der Waals surface area contributed by atoms with Crippen LogP contribution < -0.4 is 4.74 Å². The number of nitrogens with zero attached hydrogens (tertiary/aromatic N) is 3. The number of halogens is 1. The molecule has 0 saturated heterocycles. The van der Waals surface area contributed by atoms with Gasteiger partial charge in [0, 0.05) is 17.8 Å². The second kappa shape index (κ2) is 6.53. The van der Waals surface area contributed by atoms with E-state index in [-0.39, 0.29) is 12.3 Å². The van der Waals surface area contributed by atoms with E-state index in [1.165, 1.54) is 25.3 Å². The maximum Gasteiger partial charge on any atom is 0.229 e. The molecule has 0 amide bonds. The number of aliphatic hydroxyl groups is 1. The van der Waals surface area contributed by atoms with Crippen molar-refractivity contribution in [3.63, 3.8) is 0 Å². The van der Waals surface area contributed by atoms with E-state index >= 15 is 0 Å². The first-order valence-electron chi connectivity index (χ1n) is 6.92. The second-order valence-electron chi connectivity index (χ2n) is 4.87. The Hall–Kier alpha value is -2.80. The lowest BCUT2D eigenvalue weighted by Gasteiger charge is -2.07. The highest BCUT2D eigenvalue weighted by atomic mass is 19.1. The van der Waals surface area contributed by atoms with Crippen LogP contribution in [0.1, 0.15) is 17.6 Å². The van der Waals surface area contributed by atoms with E-state index in [2.05, 4.69) is 15.1 Å². The zero-order valence-corrected chi connectivity index (χ0v) is 12.3. The van der Waals surface area contributed by atoms with Crippen LogP contribution in [0.3, 0.4) is 0 Å². The quantitative estimate of drug-likeness (QED) is 0.779. The molecule has 0 aliphatic carbocycles. The average molecular weight is 315 g/mol. The van der Waals surface area contributed by atoms with Crippen molar-refractivity contribution in [2.24, 2.45) is 0 Å². The monoisotopic (exact) mass is 315 g/mol. The number of aromatic nitrogens is 3. The van der Waals surface area contributed by atoms with Crippen molar-refractivity contribution >= 4 is 0 Å². The van der Waals surface area contributed by atoms with Gasteiger partial charge in [-0.2, -0.15) is 4.98 Å². The van der Waals surface area contributed by atoms with E-state index < -0.39 is 11.9 Å². The van der Waals surface area contributed by atoms with Gasteiger partial charge in [0.1, 0.15) is 5.82 Å². The molecular weight excluding hydrogens is 301 g/mol. The first kappa shape index (κ1) is 15.1. The fraction of sp³-hybridized carbons (Fsp3) is 0.188. The molecule has 2 heterocycles. The van der Waals surface area contributed by atoms with Gasteiger partial charge in [0.15, 0.2) is 0 Å². The van der Waals surface area contributed by atoms with Crippen LogP contribution in [0.4, 0.5) is 4.39 Å². The Kier molecular flexibility index (Phi) is 4.29. The van der Waals surface area contributed by atoms with Gasteiger partial charge in [-0.3, -0.25) is 0 Å². The summed E-state index contributed by atoms with van der Waals surface area (Å²) in [6, 6.07) is 9.17. The molecule has 1 aromatic carbocycles. The van der Waals surface area contributed by atoms with Crippen molar-refractivity contribution in [2.75, 3.05) is 7.11 Å². The van der Waals surface area contributed by atoms with E-state index in [0.717, 1.165) is 0 Å². The van der Waals surface area contributed by atoms with Gasteiger partial charge in [0.05, 0.1) is 19.6 Å². The largest absolute Gasteiger partial charge is 0.481 e. The van der Waals surface area contributed by atoms with Crippen LogP contribution >= 0.6 is 0 Å². The lowest BCUT2D eigenvalue weighted by atomic mass is 10.1.